The smallest absolute Gasteiger partial charge is 0.129 e. The quantitative estimate of drug-likeness (QED) is 0.914. The Labute approximate surface area is 130 Å². The van der Waals surface area contributed by atoms with Gasteiger partial charge in [0.2, 0.25) is 0 Å². The van der Waals surface area contributed by atoms with Gasteiger partial charge >= 0.3 is 0 Å². The molecule has 0 spiro atoms. The number of hydrogen-bond donors (Lipinski definition) is 1. The molecule has 1 N–H and O–H groups in total. The summed E-state index contributed by atoms with van der Waals surface area (Å²) in [6.07, 6.45) is 2.24. The zero-order chi connectivity index (χ0) is 15.7. The van der Waals surface area contributed by atoms with Crippen molar-refractivity contribution < 1.29 is 0 Å². The highest BCUT2D eigenvalue weighted by molar-refractivity contribution is 5.44. The van der Waals surface area contributed by atoms with Crippen molar-refractivity contribution >= 4 is 5.82 Å². The zero-order valence-electron chi connectivity index (χ0n) is 14.6. The Hall–Kier alpha value is -1.09. The van der Waals surface area contributed by atoms with Crippen molar-refractivity contribution in [1.29, 1.82) is 0 Å². The van der Waals surface area contributed by atoms with E-state index in [1.807, 2.05) is 0 Å². The lowest BCUT2D eigenvalue weighted by molar-refractivity contribution is 0.418. The molecule has 1 aromatic rings. The van der Waals surface area contributed by atoms with Gasteiger partial charge in [-0.2, -0.15) is 0 Å². The van der Waals surface area contributed by atoms with Gasteiger partial charge in [0.25, 0.3) is 0 Å². The van der Waals surface area contributed by atoms with Gasteiger partial charge in [-0.05, 0) is 56.7 Å². The molecule has 118 valence electrons. The lowest BCUT2D eigenvalue weighted by Gasteiger charge is -2.23. The van der Waals surface area contributed by atoms with E-state index in [0.29, 0.717) is 5.41 Å². The third kappa shape index (κ3) is 4.70. The second kappa shape index (κ2) is 5.96. The largest absolute Gasteiger partial charge is 0.356 e. The molecule has 1 aliphatic heterocycles. The Kier molecular flexibility index (Phi) is 4.62. The predicted molar refractivity (Wildman–Crippen MR) is 90.8 cm³/mol. The first-order valence-electron chi connectivity index (χ1n) is 8.18. The summed E-state index contributed by atoms with van der Waals surface area (Å²) in [5, 5.41) is 3.58. The van der Waals surface area contributed by atoms with Crippen LogP contribution in [0.3, 0.4) is 0 Å². The molecule has 1 aromatic heterocycles. The van der Waals surface area contributed by atoms with Gasteiger partial charge in [-0.1, -0.05) is 20.8 Å². The van der Waals surface area contributed by atoms with Crippen LogP contribution in [0.25, 0.3) is 0 Å². The van der Waals surface area contributed by atoms with Gasteiger partial charge in [-0.15, -0.1) is 0 Å². The molecular formula is C18H31N3. The van der Waals surface area contributed by atoms with E-state index >= 15 is 0 Å². The number of nitrogens with zero attached hydrogens (tertiary/aromatic N) is 2. The molecule has 0 atom stereocenters. The normalized spacial score (nSPS) is 18.3. The Bertz CT molecular complexity index is 486. The minimum absolute atomic E-state index is 0.144. The monoisotopic (exact) mass is 289 g/mol. The van der Waals surface area contributed by atoms with Crippen molar-refractivity contribution in [2.24, 2.45) is 5.41 Å². The molecule has 0 bridgehead atoms. The highest BCUT2D eigenvalue weighted by Gasteiger charge is 2.30. The van der Waals surface area contributed by atoms with E-state index in [4.69, 9.17) is 4.98 Å². The summed E-state index contributed by atoms with van der Waals surface area (Å²) < 4.78 is 0. The zero-order valence-corrected chi connectivity index (χ0v) is 14.6. The number of aryl methyl sites for hydroxylation is 1. The SMILES string of the molecule is CCc1cc(CNC(C)(C)C)cc(N2CCC(C)(C)C2)n1. The van der Waals surface area contributed by atoms with E-state index < -0.39 is 0 Å². The maximum atomic E-state index is 4.84. The van der Waals surface area contributed by atoms with Crippen molar-refractivity contribution in [1.82, 2.24) is 10.3 Å². The van der Waals surface area contributed by atoms with Crippen LogP contribution < -0.4 is 10.2 Å². The first-order valence-corrected chi connectivity index (χ1v) is 8.18. The van der Waals surface area contributed by atoms with Gasteiger partial charge in [-0.25, -0.2) is 4.98 Å². The van der Waals surface area contributed by atoms with Crippen LogP contribution in [0.1, 0.15) is 59.2 Å². The summed E-state index contributed by atoms with van der Waals surface area (Å²) in [4.78, 5) is 7.29. The van der Waals surface area contributed by atoms with Crippen molar-refractivity contribution in [2.45, 2.75) is 66.5 Å². The number of nitrogens with one attached hydrogen (secondary N) is 1. The molecule has 3 heteroatoms. The van der Waals surface area contributed by atoms with Crippen LogP contribution in [0.4, 0.5) is 5.82 Å². The molecule has 1 saturated heterocycles. The fourth-order valence-corrected chi connectivity index (χ4v) is 2.75. The number of aromatic nitrogens is 1. The van der Waals surface area contributed by atoms with Gasteiger partial charge in [0.05, 0.1) is 0 Å². The van der Waals surface area contributed by atoms with Crippen LogP contribution >= 0.6 is 0 Å². The fourth-order valence-electron chi connectivity index (χ4n) is 2.75. The average Bonchev–Trinajstić information content (AvgIpc) is 2.75. The molecule has 0 radical (unpaired) electrons. The molecule has 0 unspecified atom stereocenters. The van der Waals surface area contributed by atoms with Gasteiger partial charge in [-0.3, -0.25) is 0 Å². The van der Waals surface area contributed by atoms with Crippen LogP contribution in [0.15, 0.2) is 12.1 Å². The third-order valence-corrected chi connectivity index (χ3v) is 4.11. The average molecular weight is 289 g/mol. The first-order chi connectivity index (χ1) is 9.68. The summed E-state index contributed by atoms with van der Waals surface area (Å²) in [7, 11) is 0. The minimum atomic E-state index is 0.144. The van der Waals surface area contributed by atoms with E-state index in [-0.39, 0.29) is 5.54 Å². The van der Waals surface area contributed by atoms with E-state index in [1.54, 1.807) is 0 Å². The molecule has 2 rings (SSSR count). The van der Waals surface area contributed by atoms with Crippen molar-refractivity contribution in [3.8, 4) is 0 Å². The molecule has 0 amide bonds. The third-order valence-electron chi connectivity index (χ3n) is 4.11. The van der Waals surface area contributed by atoms with Crippen LogP contribution in [0.5, 0.6) is 0 Å². The van der Waals surface area contributed by atoms with Crippen molar-refractivity contribution in [3.63, 3.8) is 0 Å². The Balaban J connectivity index is 2.18. The summed E-state index contributed by atoms with van der Waals surface area (Å²) in [5.74, 6) is 1.16. The molecule has 0 saturated carbocycles. The van der Waals surface area contributed by atoms with E-state index in [9.17, 15) is 0 Å². The maximum absolute atomic E-state index is 4.84. The van der Waals surface area contributed by atoms with Gasteiger partial charge in [0.1, 0.15) is 5.82 Å². The molecule has 1 fully saturated rings. The fraction of sp³-hybridized carbons (Fsp3) is 0.722. The van der Waals surface area contributed by atoms with E-state index in [0.717, 1.165) is 31.9 Å². The summed E-state index contributed by atoms with van der Waals surface area (Å²) in [6, 6.07) is 4.50. The Morgan fingerprint density at radius 1 is 1.29 bits per heavy atom. The van der Waals surface area contributed by atoms with Gasteiger partial charge in [0, 0.05) is 30.9 Å². The molecule has 0 aromatic carbocycles. The van der Waals surface area contributed by atoms with E-state index in [1.165, 1.54) is 17.7 Å². The lowest BCUT2D eigenvalue weighted by atomic mass is 9.93. The van der Waals surface area contributed by atoms with Gasteiger partial charge < -0.3 is 10.2 Å². The second-order valence-corrected chi connectivity index (χ2v) is 8.12. The lowest BCUT2D eigenvalue weighted by Crippen LogP contribution is -2.35. The maximum Gasteiger partial charge on any atom is 0.129 e. The highest BCUT2D eigenvalue weighted by Crippen LogP contribution is 2.32. The standard InChI is InChI=1S/C18H31N3/c1-7-15-10-14(12-19-17(2,3)4)11-16(20-15)21-9-8-18(5,6)13-21/h10-11,19H,7-9,12-13H2,1-6H3. The summed E-state index contributed by atoms with van der Waals surface area (Å²) in [6.45, 7) is 16.6. The van der Waals surface area contributed by atoms with Crippen LogP contribution in [-0.2, 0) is 13.0 Å². The van der Waals surface area contributed by atoms with Gasteiger partial charge in [0.15, 0.2) is 0 Å². The Morgan fingerprint density at radius 3 is 2.52 bits per heavy atom. The summed E-state index contributed by atoms with van der Waals surface area (Å²) >= 11 is 0. The first kappa shape index (κ1) is 16.3. The van der Waals surface area contributed by atoms with Crippen molar-refractivity contribution in [3.05, 3.63) is 23.4 Å². The predicted octanol–water partition coefficient (Wildman–Crippen LogP) is 3.77. The second-order valence-electron chi connectivity index (χ2n) is 8.12. The Morgan fingerprint density at radius 2 is 2.00 bits per heavy atom. The molecule has 1 aliphatic rings. The molecule has 21 heavy (non-hydrogen) atoms. The van der Waals surface area contributed by atoms with Crippen LogP contribution in [0.2, 0.25) is 0 Å². The molecule has 3 nitrogen and oxygen atoms in total. The minimum Gasteiger partial charge on any atom is -0.356 e. The molecular weight excluding hydrogens is 258 g/mol. The summed E-state index contributed by atoms with van der Waals surface area (Å²) in [5.41, 5.74) is 3.10. The topological polar surface area (TPSA) is 28.2 Å². The number of hydrogen-bond acceptors (Lipinski definition) is 3. The number of rotatable bonds is 4. The van der Waals surface area contributed by atoms with Crippen LogP contribution in [0, 0.1) is 5.41 Å². The molecule has 2 heterocycles. The van der Waals surface area contributed by atoms with Crippen LogP contribution in [-0.4, -0.2) is 23.6 Å². The highest BCUT2D eigenvalue weighted by atomic mass is 15.2. The number of anilines is 1. The van der Waals surface area contributed by atoms with Crippen molar-refractivity contribution in [2.75, 3.05) is 18.0 Å². The number of pyridine rings is 1. The van der Waals surface area contributed by atoms with E-state index in [2.05, 4.69) is 63.9 Å². The molecule has 0 aliphatic carbocycles.